The van der Waals surface area contributed by atoms with Crippen LogP contribution in [0.15, 0.2) is 36.7 Å². The number of unbranched alkanes of at least 4 members (excludes halogenated alkanes) is 6. The largest absolute Gasteiger partial charge is 0.423 e. The molecule has 0 aliphatic rings. The fourth-order valence-corrected chi connectivity index (χ4v) is 3.60. The minimum atomic E-state index is -0.203. The van der Waals surface area contributed by atoms with Gasteiger partial charge in [0.2, 0.25) is 0 Å². The third-order valence-electron chi connectivity index (χ3n) is 5.92. The number of hydrogen-bond acceptors (Lipinski definition) is 4. The van der Waals surface area contributed by atoms with Crippen LogP contribution in [0.3, 0.4) is 0 Å². The molecular formula is C27H40N2O2. The van der Waals surface area contributed by atoms with Crippen molar-refractivity contribution in [2.45, 2.75) is 97.8 Å². The first-order valence-corrected chi connectivity index (χ1v) is 12.2. The molecule has 31 heavy (non-hydrogen) atoms. The van der Waals surface area contributed by atoms with Gasteiger partial charge < -0.3 is 4.74 Å². The van der Waals surface area contributed by atoms with E-state index < -0.39 is 0 Å². The van der Waals surface area contributed by atoms with E-state index in [1.165, 1.54) is 56.9 Å². The first kappa shape index (κ1) is 25.0. The van der Waals surface area contributed by atoms with Gasteiger partial charge in [0.15, 0.2) is 11.6 Å². The zero-order valence-corrected chi connectivity index (χ0v) is 19.7. The first-order valence-electron chi connectivity index (χ1n) is 12.2. The molecule has 0 saturated carbocycles. The minimum Gasteiger partial charge on any atom is -0.423 e. The van der Waals surface area contributed by atoms with E-state index in [9.17, 15) is 4.79 Å². The molecule has 1 unspecified atom stereocenters. The molecule has 1 heterocycles. The Kier molecular flexibility index (Phi) is 11.9. The normalized spacial score (nSPS) is 12.0. The number of hydrogen-bond donors (Lipinski definition) is 0. The van der Waals surface area contributed by atoms with Gasteiger partial charge in [-0.05, 0) is 30.7 Å². The second kappa shape index (κ2) is 14.7. The molecule has 0 bridgehead atoms. The first-order chi connectivity index (χ1) is 15.1. The van der Waals surface area contributed by atoms with E-state index in [0.29, 0.717) is 18.0 Å². The van der Waals surface area contributed by atoms with Crippen molar-refractivity contribution in [2.24, 2.45) is 5.92 Å². The lowest BCUT2D eigenvalue weighted by Gasteiger charge is -2.07. The summed E-state index contributed by atoms with van der Waals surface area (Å²) in [6.45, 7) is 6.77. The molecule has 0 amide bonds. The minimum absolute atomic E-state index is 0.203. The summed E-state index contributed by atoms with van der Waals surface area (Å²) < 4.78 is 5.39. The van der Waals surface area contributed by atoms with Crippen LogP contribution in [0.4, 0.5) is 0 Å². The highest BCUT2D eigenvalue weighted by Gasteiger charge is 2.08. The van der Waals surface area contributed by atoms with Gasteiger partial charge in [0.25, 0.3) is 0 Å². The Bertz CT molecular complexity index is 741. The molecule has 0 aliphatic heterocycles. The van der Waals surface area contributed by atoms with Crippen LogP contribution in [0.25, 0.3) is 11.4 Å². The zero-order valence-electron chi connectivity index (χ0n) is 19.7. The van der Waals surface area contributed by atoms with Gasteiger partial charge in [-0.2, -0.15) is 0 Å². The van der Waals surface area contributed by atoms with Crippen LogP contribution >= 0.6 is 0 Å². The van der Waals surface area contributed by atoms with Gasteiger partial charge in [-0.1, -0.05) is 96.4 Å². The van der Waals surface area contributed by atoms with Crippen molar-refractivity contribution in [3.05, 3.63) is 42.2 Å². The summed E-state index contributed by atoms with van der Waals surface area (Å²) in [6, 6.07) is 8.44. The third kappa shape index (κ3) is 10.1. The molecule has 0 saturated heterocycles. The van der Waals surface area contributed by atoms with Gasteiger partial charge in [-0.25, -0.2) is 9.97 Å². The van der Waals surface area contributed by atoms with Crippen molar-refractivity contribution in [3.8, 4) is 17.1 Å². The smallest absolute Gasteiger partial charge is 0.311 e. The highest BCUT2D eigenvalue weighted by Crippen LogP contribution is 2.19. The quantitative estimate of drug-likeness (QED) is 0.219. The number of benzene rings is 1. The lowest BCUT2D eigenvalue weighted by atomic mass is 10.0. The summed E-state index contributed by atoms with van der Waals surface area (Å²) in [6.07, 6.45) is 16.8. The van der Waals surface area contributed by atoms with Crippen molar-refractivity contribution < 1.29 is 9.53 Å². The van der Waals surface area contributed by atoms with Crippen molar-refractivity contribution in [1.29, 1.82) is 0 Å². The Balaban J connectivity index is 1.70. The predicted molar refractivity (Wildman–Crippen MR) is 128 cm³/mol. The number of ether oxygens (including phenoxy) is 1. The van der Waals surface area contributed by atoms with E-state index >= 15 is 0 Å². The number of nitrogens with zero attached hydrogens (tertiary/aromatic N) is 2. The maximum Gasteiger partial charge on any atom is 0.311 e. The molecule has 2 rings (SSSR count). The lowest BCUT2D eigenvalue weighted by Crippen LogP contribution is -2.08. The van der Waals surface area contributed by atoms with Crippen molar-refractivity contribution >= 4 is 5.97 Å². The maximum absolute atomic E-state index is 12.0. The Morgan fingerprint density at radius 3 is 2.26 bits per heavy atom. The van der Waals surface area contributed by atoms with Crippen molar-refractivity contribution in [3.63, 3.8) is 0 Å². The van der Waals surface area contributed by atoms with Crippen molar-refractivity contribution in [2.75, 3.05) is 0 Å². The summed E-state index contributed by atoms with van der Waals surface area (Å²) in [4.78, 5) is 20.8. The molecule has 0 N–H and O–H groups in total. The van der Waals surface area contributed by atoms with E-state index in [-0.39, 0.29) is 5.97 Å². The van der Waals surface area contributed by atoms with Crippen LogP contribution in [-0.4, -0.2) is 15.9 Å². The van der Waals surface area contributed by atoms with Crippen LogP contribution in [-0.2, 0) is 11.2 Å². The van der Waals surface area contributed by atoms with E-state index in [1.54, 1.807) is 12.4 Å². The summed E-state index contributed by atoms with van der Waals surface area (Å²) in [5, 5.41) is 0. The molecule has 0 fully saturated rings. The SMILES string of the molecule is CCCCCCc1ccc(-c2ncc(OC(=O)CCCCCCC(C)CC)cn2)cc1. The van der Waals surface area contributed by atoms with E-state index in [1.807, 2.05) is 0 Å². The molecule has 170 valence electrons. The average molecular weight is 425 g/mol. The molecule has 0 spiro atoms. The van der Waals surface area contributed by atoms with E-state index in [4.69, 9.17) is 4.74 Å². The number of aromatic nitrogens is 2. The molecule has 4 heteroatoms. The van der Waals surface area contributed by atoms with Crippen LogP contribution in [0, 0.1) is 5.92 Å². The monoisotopic (exact) mass is 424 g/mol. The van der Waals surface area contributed by atoms with Gasteiger partial charge in [-0.15, -0.1) is 0 Å². The molecule has 0 radical (unpaired) electrons. The molecule has 1 atom stereocenters. The average Bonchev–Trinajstić information content (AvgIpc) is 2.80. The zero-order chi connectivity index (χ0) is 22.3. The highest BCUT2D eigenvalue weighted by atomic mass is 16.5. The highest BCUT2D eigenvalue weighted by molar-refractivity contribution is 5.72. The molecule has 0 aliphatic carbocycles. The Morgan fingerprint density at radius 1 is 0.903 bits per heavy atom. The van der Waals surface area contributed by atoms with Crippen LogP contribution in [0.1, 0.15) is 97.0 Å². The van der Waals surface area contributed by atoms with Crippen molar-refractivity contribution in [1.82, 2.24) is 9.97 Å². The lowest BCUT2D eigenvalue weighted by molar-refractivity contribution is -0.134. The number of carbonyl (C=O) groups is 1. The number of aryl methyl sites for hydroxylation is 1. The van der Waals surface area contributed by atoms with Gasteiger partial charge in [0.05, 0.1) is 12.4 Å². The third-order valence-corrected chi connectivity index (χ3v) is 5.92. The summed E-state index contributed by atoms with van der Waals surface area (Å²) in [5.41, 5.74) is 2.33. The van der Waals surface area contributed by atoms with Crippen LogP contribution in [0.5, 0.6) is 5.75 Å². The standard InChI is InChI=1S/C27H40N2O2/c1-4-6-7-11-14-23-16-18-24(19-17-23)27-28-20-25(21-29-27)31-26(30)15-12-9-8-10-13-22(3)5-2/h16-22H,4-15H2,1-3H3. The molecular weight excluding hydrogens is 384 g/mol. The number of esters is 1. The van der Waals surface area contributed by atoms with E-state index in [0.717, 1.165) is 30.7 Å². The fourth-order valence-electron chi connectivity index (χ4n) is 3.60. The molecule has 4 nitrogen and oxygen atoms in total. The molecule has 1 aromatic heterocycles. The number of rotatable bonds is 15. The molecule has 2 aromatic rings. The van der Waals surface area contributed by atoms with Gasteiger partial charge in [-0.3, -0.25) is 4.79 Å². The number of carbonyl (C=O) groups excluding carboxylic acids is 1. The second-order valence-electron chi connectivity index (χ2n) is 8.69. The summed E-state index contributed by atoms with van der Waals surface area (Å²) >= 11 is 0. The Hall–Kier alpha value is -2.23. The second-order valence-corrected chi connectivity index (χ2v) is 8.69. The summed E-state index contributed by atoms with van der Waals surface area (Å²) in [7, 11) is 0. The fraction of sp³-hybridized carbons (Fsp3) is 0.593. The van der Waals surface area contributed by atoms with E-state index in [2.05, 4.69) is 55.0 Å². The van der Waals surface area contributed by atoms with Gasteiger partial charge in [0.1, 0.15) is 0 Å². The Morgan fingerprint density at radius 2 is 1.58 bits per heavy atom. The topological polar surface area (TPSA) is 52.1 Å². The predicted octanol–water partition coefficient (Wildman–Crippen LogP) is 7.56. The Labute approximate surface area is 188 Å². The molecule has 1 aromatic carbocycles. The summed E-state index contributed by atoms with van der Waals surface area (Å²) in [5.74, 6) is 1.67. The van der Waals surface area contributed by atoms with Gasteiger partial charge in [0, 0.05) is 12.0 Å². The van der Waals surface area contributed by atoms with Crippen LogP contribution < -0.4 is 4.74 Å². The van der Waals surface area contributed by atoms with Crippen LogP contribution in [0.2, 0.25) is 0 Å². The maximum atomic E-state index is 12.0. The van der Waals surface area contributed by atoms with Gasteiger partial charge >= 0.3 is 5.97 Å².